The lowest BCUT2D eigenvalue weighted by Crippen LogP contribution is -2.48. The Labute approximate surface area is 179 Å². The van der Waals surface area contributed by atoms with E-state index in [1.165, 1.54) is 4.70 Å². The third kappa shape index (κ3) is 4.16. The fraction of sp³-hybridized carbons (Fsp3) is 0.409. The summed E-state index contributed by atoms with van der Waals surface area (Å²) in [5.74, 6) is 0.0183. The van der Waals surface area contributed by atoms with Crippen LogP contribution in [0.1, 0.15) is 15.5 Å². The number of para-hydroxylation sites is 1. The van der Waals surface area contributed by atoms with Gasteiger partial charge in [0.1, 0.15) is 10.7 Å². The number of aromatic nitrogens is 2. The van der Waals surface area contributed by atoms with E-state index in [1.54, 1.807) is 17.5 Å². The molecule has 2 aliphatic heterocycles. The Morgan fingerprint density at radius 2 is 1.83 bits per heavy atom. The van der Waals surface area contributed by atoms with Crippen molar-refractivity contribution in [2.45, 2.75) is 6.54 Å². The molecule has 0 N–H and O–H groups in total. The van der Waals surface area contributed by atoms with E-state index in [-0.39, 0.29) is 5.91 Å². The average Bonchev–Trinajstić information content (AvgIpc) is 3.22. The van der Waals surface area contributed by atoms with E-state index in [0.29, 0.717) is 18.8 Å². The fourth-order valence-corrected chi connectivity index (χ4v) is 5.01. The quantitative estimate of drug-likeness (QED) is 0.643. The van der Waals surface area contributed by atoms with Crippen LogP contribution in [0.2, 0.25) is 0 Å². The summed E-state index contributed by atoms with van der Waals surface area (Å²) in [6, 6.07) is 12.1. The molecule has 0 atom stereocenters. The maximum atomic E-state index is 13.0. The van der Waals surface area contributed by atoms with Gasteiger partial charge in [0.15, 0.2) is 0 Å². The maximum Gasteiger partial charge on any atom is 0.272 e. The van der Waals surface area contributed by atoms with E-state index in [2.05, 4.69) is 33.0 Å². The summed E-state index contributed by atoms with van der Waals surface area (Å²) in [4.78, 5) is 28.6. The zero-order valence-corrected chi connectivity index (χ0v) is 17.7. The molecule has 0 radical (unpaired) electrons. The van der Waals surface area contributed by atoms with E-state index in [0.717, 1.165) is 62.1 Å². The highest BCUT2D eigenvalue weighted by molar-refractivity contribution is 7.18. The second-order valence-corrected chi connectivity index (χ2v) is 8.76. The van der Waals surface area contributed by atoms with Crippen LogP contribution in [-0.4, -0.2) is 78.2 Å². The Bertz CT molecular complexity index is 992. The van der Waals surface area contributed by atoms with Gasteiger partial charge in [-0.05, 0) is 24.3 Å². The molecule has 0 bridgehead atoms. The third-order valence-electron chi connectivity index (χ3n) is 5.70. The van der Waals surface area contributed by atoms with Crippen LogP contribution in [0.3, 0.4) is 0 Å². The molecule has 156 valence electrons. The summed E-state index contributed by atoms with van der Waals surface area (Å²) in [5.41, 5.74) is 2.64. The number of carbonyl (C=O) groups excluding carboxylic acids is 1. The summed E-state index contributed by atoms with van der Waals surface area (Å²) in [7, 11) is 0. The van der Waals surface area contributed by atoms with Crippen molar-refractivity contribution in [3.8, 4) is 0 Å². The SMILES string of the molecule is O=C(c1cc(N2CCOCC2)ccn1)N1CCN(Cc2nc3ccccc3s2)CC1. The highest BCUT2D eigenvalue weighted by Crippen LogP contribution is 2.23. The number of pyridine rings is 1. The van der Waals surface area contributed by atoms with Crippen molar-refractivity contribution in [2.24, 2.45) is 0 Å². The fourth-order valence-electron chi connectivity index (χ4n) is 4.00. The normalized spacial score (nSPS) is 18.1. The topological polar surface area (TPSA) is 61.8 Å². The predicted molar refractivity (Wildman–Crippen MR) is 118 cm³/mol. The highest BCUT2D eigenvalue weighted by Gasteiger charge is 2.24. The van der Waals surface area contributed by atoms with Crippen molar-refractivity contribution >= 4 is 33.1 Å². The number of amides is 1. The minimum Gasteiger partial charge on any atom is -0.378 e. The number of fused-ring (bicyclic) bond motifs is 1. The third-order valence-corrected chi connectivity index (χ3v) is 6.72. The van der Waals surface area contributed by atoms with Crippen molar-refractivity contribution in [1.82, 2.24) is 19.8 Å². The molecule has 0 unspecified atom stereocenters. The number of anilines is 1. The van der Waals surface area contributed by atoms with Crippen molar-refractivity contribution in [3.05, 3.63) is 53.3 Å². The van der Waals surface area contributed by atoms with Gasteiger partial charge in [-0.2, -0.15) is 0 Å². The molecule has 0 saturated carbocycles. The van der Waals surface area contributed by atoms with Crippen molar-refractivity contribution in [3.63, 3.8) is 0 Å². The number of morpholine rings is 1. The van der Waals surface area contributed by atoms with Gasteiger partial charge in [0.25, 0.3) is 5.91 Å². The summed E-state index contributed by atoms with van der Waals surface area (Å²) in [6.07, 6.45) is 1.74. The van der Waals surface area contributed by atoms with Crippen LogP contribution in [0.25, 0.3) is 10.2 Å². The van der Waals surface area contributed by atoms with Gasteiger partial charge in [0, 0.05) is 51.2 Å². The van der Waals surface area contributed by atoms with Gasteiger partial charge < -0.3 is 14.5 Å². The molecule has 5 rings (SSSR count). The Kier molecular flexibility index (Phi) is 5.61. The summed E-state index contributed by atoms with van der Waals surface area (Å²) in [5, 5.41) is 1.14. The lowest BCUT2D eigenvalue weighted by atomic mass is 10.2. The van der Waals surface area contributed by atoms with Crippen LogP contribution in [0, 0.1) is 0 Å². The Morgan fingerprint density at radius 1 is 1.03 bits per heavy atom. The van der Waals surface area contributed by atoms with Gasteiger partial charge in [-0.1, -0.05) is 12.1 Å². The maximum absolute atomic E-state index is 13.0. The molecule has 0 spiro atoms. The molecule has 2 saturated heterocycles. The molecule has 30 heavy (non-hydrogen) atoms. The van der Waals surface area contributed by atoms with E-state index in [4.69, 9.17) is 9.72 Å². The molecular weight excluding hydrogens is 398 g/mol. The number of nitrogens with zero attached hydrogens (tertiary/aromatic N) is 5. The Hall–Kier alpha value is -2.55. The van der Waals surface area contributed by atoms with Gasteiger partial charge in [0.2, 0.25) is 0 Å². The van der Waals surface area contributed by atoms with Crippen LogP contribution >= 0.6 is 11.3 Å². The number of hydrogen-bond donors (Lipinski definition) is 0. The molecule has 1 aromatic carbocycles. The lowest BCUT2D eigenvalue weighted by Gasteiger charge is -2.34. The summed E-state index contributed by atoms with van der Waals surface area (Å²) >= 11 is 1.75. The number of thiazole rings is 1. The number of ether oxygens (including phenoxy) is 1. The summed E-state index contributed by atoms with van der Waals surface area (Å²) < 4.78 is 6.65. The highest BCUT2D eigenvalue weighted by atomic mass is 32.1. The lowest BCUT2D eigenvalue weighted by molar-refractivity contribution is 0.0622. The van der Waals surface area contributed by atoms with Crippen molar-refractivity contribution < 1.29 is 9.53 Å². The van der Waals surface area contributed by atoms with E-state index in [1.807, 2.05) is 23.1 Å². The predicted octanol–water partition coefficient (Wildman–Crippen LogP) is 2.49. The number of rotatable bonds is 4. The Morgan fingerprint density at radius 3 is 2.63 bits per heavy atom. The molecule has 0 aliphatic carbocycles. The second kappa shape index (κ2) is 8.67. The van der Waals surface area contributed by atoms with Gasteiger partial charge in [-0.3, -0.25) is 14.7 Å². The van der Waals surface area contributed by atoms with Crippen molar-refractivity contribution in [1.29, 1.82) is 0 Å². The molecule has 1 amide bonds. The molecular formula is C22H25N5O2S. The van der Waals surface area contributed by atoms with Crippen LogP contribution < -0.4 is 4.90 Å². The standard InChI is InChI=1S/C22H25N5O2S/c28-22(19-15-17(5-6-23-19)26-11-13-29-14-12-26)27-9-7-25(8-10-27)16-21-24-18-3-1-2-4-20(18)30-21/h1-6,15H,7-14,16H2. The molecule has 2 fully saturated rings. The molecule has 3 aromatic rings. The first-order chi connectivity index (χ1) is 14.8. The van der Waals surface area contributed by atoms with Gasteiger partial charge >= 0.3 is 0 Å². The zero-order chi connectivity index (χ0) is 20.3. The molecule has 2 aliphatic rings. The average molecular weight is 424 g/mol. The van der Waals surface area contributed by atoms with Gasteiger partial charge in [0.05, 0.1) is 30.0 Å². The number of hydrogen-bond acceptors (Lipinski definition) is 7. The Balaban J connectivity index is 1.19. The largest absolute Gasteiger partial charge is 0.378 e. The second-order valence-electron chi connectivity index (χ2n) is 7.64. The molecule has 8 heteroatoms. The van der Waals surface area contributed by atoms with E-state index < -0.39 is 0 Å². The van der Waals surface area contributed by atoms with E-state index >= 15 is 0 Å². The molecule has 4 heterocycles. The van der Waals surface area contributed by atoms with Crippen LogP contribution in [0.4, 0.5) is 5.69 Å². The van der Waals surface area contributed by atoms with Crippen LogP contribution in [-0.2, 0) is 11.3 Å². The first-order valence-corrected chi connectivity index (χ1v) is 11.2. The first-order valence-electron chi connectivity index (χ1n) is 10.4. The first kappa shape index (κ1) is 19.4. The number of piperazine rings is 1. The zero-order valence-electron chi connectivity index (χ0n) is 16.9. The van der Waals surface area contributed by atoms with Crippen molar-refractivity contribution in [2.75, 3.05) is 57.4 Å². The van der Waals surface area contributed by atoms with Gasteiger partial charge in [-0.15, -0.1) is 11.3 Å². The molecule has 2 aromatic heterocycles. The summed E-state index contributed by atoms with van der Waals surface area (Å²) in [6.45, 7) is 7.12. The minimum absolute atomic E-state index is 0.0183. The molecule has 7 nitrogen and oxygen atoms in total. The smallest absolute Gasteiger partial charge is 0.272 e. The van der Waals surface area contributed by atoms with Crippen LogP contribution in [0.15, 0.2) is 42.6 Å². The monoisotopic (exact) mass is 423 g/mol. The number of benzene rings is 1. The minimum atomic E-state index is 0.0183. The van der Waals surface area contributed by atoms with Crippen LogP contribution in [0.5, 0.6) is 0 Å². The van der Waals surface area contributed by atoms with E-state index in [9.17, 15) is 4.79 Å². The van der Waals surface area contributed by atoms with Gasteiger partial charge in [-0.25, -0.2) is 4.98 Å². The number of carbonyl (C=O) groups is 1.